The van der Waals surface area contributed by atoms with E-state index in [9.17, 15) is 18.3 Å². The third kappa shape index (κ3) is 3.66. The van der Waals surface area contributed by atoms with Gasteiger partial charge in [-0.3, -0.25) is 9.10 Å². The Labute approximate surface area is 168 Å². The molecular weight excluding hydrogens is 390 g/mol. The lowest BCUT2D eigenvalue weighted by atomic mass is 10.0. The second-order valence-electron chi connectivity index (χ2n) is 6.66. The number of aromatic nitrogens is 1. The van der Waals surface area contributed by atoms with Crippen LogP contribution in [0.3, 0.4) is 0 Å². The van der Waals surface area contributed by atoms with Crippen LogP contribution in [0.2, 0.25) is 0 Å². The van der Waals surface area contributed by atoms with Gasteiger partial charge in [0.1, 0.15) is 0 Å². The number of rotatable bonds is 4. The molecule has 0 saturated carbocycles. The summed E-state index contributed by atoms with van der Waals surface area (Å²) in [6.45, 7) is 0.386. The monoisotopic (exact) mass is 409 g/mol. The zero-order valence-corrected chi connectivity index (χ0v) is 16.3. The van der Waals surface area contributed by atoms with E-state index in [4.69, 9.17) is 0 Å². The van der Waals surface area contributed by atoms with Crippen LogP contribution >= 0.6 is 0 Å². The second kappa shape index (κ2) is 7.56. The highest BCUT2D eigenvalue weighted by Gasteiger charge is 2.29. The minimum Gasteiger partial charge on any atom is -0.504 e. The zero-order chi connectivity index (χ0) is 20.4. The molecule has 148 valence electrons. The van der Waals surface area contributed by atoms with Gasteiger partial charge in [0, 0.05) is 18.3 Å². The number of fused-ring (bicyclic) bond motifs is 1. The van der Waals surface area contributed by atoms with E-state index in [1.54, 1.807) is 6.07 Å². The molecule has 1 aliphatic heterocycles. The molecule has 1 aromatic heterocycles. The van der Waals surface area contributed by atoms with Crippen LogP contribution < -0.4 is 9.62 Å². The zero-order valence-electron chi connectivity index (χ0n) is 15.4. The molecule has 0 atom stereocenters. The first kappa shape index (κ1) is 18.9. The molecule has 7 nitrogen and oxygen atoms in total. The number of aryl methyl sites for hydroxylation is 1. The molecule has 0 radical (unpaired) electrons. The van der Waals surface area contributed by atoms with Gasteiger partial charge >= 0.3 is 0 Å². The largest absolute Gasteiger partial charge is 0.504 e. The molecule has 1 amide bonds. The minimum atomic E-state index is -3.82. The average Bonchev–Trinajstić information content (AvgIpc) is 2.75. The van der Waals surface area contributed by atoms with Gasteiger partial charge in [0.25, 0.3) is 15.9 Å². The fourth-order valence-electron chi connectivity index (χ4n) is 3.35. The van der Waals surface area contributed by atoms with Crippen molar-refractivity contribution in [2.75, 3.05) is 16.2 Å². The van der Waals surface area contributed by atoms with Crippen molar-refractivity contribution >= 4 is 27.4 Å². The average molecular weight is 409 g/mol. The third-order valence-corrected chi connectivity index (χ3v) is 6.58. The predicted octanol–water partition coefficient (Wildman–Crippen LogP) is 3.18. The van der Waals surface area contributed by atoms with Gasteiger partial charge in [-0.25, -0.2) is 13.4 Å². The molecule has 4 rings (SSSR count). The van der Waals surface area contributed by atoms with E-state index in [0.717, 1.165) is 18.4 Å². The van der Waals surface area contributed by atoms with Crippen LogP contribution in [-0.4, -0.2) is 31.0 Å². The van der Waals surface area contributed by atoms with Crippen molar-refractivity contribution in [2.24, 2.45) is 0 Å². The molecule has 0 spiro atoms. The number of hydrogen-bond acceptors (Lipinski definition) is 5. The normalized spacial score (nSPS) is 13.6. The first-order valence-corrected chi connectivity index (χ1v) is 10.6. The highest BCUT2D eigenvalue weighted by molar-refractivity contribution is 7.92. The van der Waals surface area contributed by atoms with Gasteiger partial charge in [0.2, 0.25) is 0 Å². The van der Waals surface area contributed by atoms with Crippen molar-refractivity contribution in [3.63, 3.8) is 0 Å². The van der Waals surface area contributed by atoms with Gasteiger partial charge in [0.15, 0.2) is 11.6 Å². The summed E-state index contributed by atoms with van der Waals surface area (Å²) in [5, 5.41) is 12.3. The first-order chi connectivity index (χ1) is 14.0. The highest BCUT2D eigenvalue weighted by Crippen LogP contribution is 2.32. The number of amides is 1. The Bertz CT molecular complexity index is 1180. The topological polar surface area (TPSA) is 99.6 Å². The first-order valence-electron chi connectivity index (χ1n) is 9.13. The van der Waals surface area contributed by atoms with Crippen LogP contribution in [0.15, 0.2) is 71.8 Å². The molecule has 0 aliphatic carbocycles. The number of nitrogens with zero attached hydrogens (tertiary/aromatic N) is 2. The van der Waals surface area contributed by atoms with E-state index in [1.807, 2.05) is 18.2 Å². The second-order valence-corrected chi connectivity index (χ2v) is 8.52. The van der Waals surface area contributed by atoms with Crippen LogP contribution in [0.5, 0.6) is 5.75 Å². The number of nitrogens with one attached hydrogen (secondary N) is 1. The molecule has 0 bridgehead atoms. The van der Waals surface area contributed by atoms with E-state index in [-0.39, 0.29) is 22.0 Å². The maximum atomic E-state index is 13.3. The van der Waals surface area contributed by atoms with Crippen LogP contribution in [0.4, 0.5) is 11.5 Å². The van der Waals surface area contributed by atoms with Gasteiger partial charge in [-0.05, 0) is 54.8 Å². The molecule has 0 saturated heterocycles. The van der Waals surface area contributed by atoms with Crippen molar-refractivity contribution in [3.8, 4) is 5.75 Å². The highest BCUT2D eigenvalue weighted by atomic mass is 32.2. The minimum absolute atomic E-state index is 0.00992. The van der Waals surface area contributed by atoms with Gasteiger partial charge in [-0.1, -0.05) is 24.3 Å². The van der Waals surface area contributed by atoms with E-state index in [2.05, 4.69) is 10.3 Å². The van der Waals surface area contributed by atoms with Crippen molar-refractivity contribution in [2.45, 2.75) is 17.7 Å². The number of carbonyl (C=O) groups is 1. The smallest absolute Gasteiger partial charge is 0.264 e. The standard InChI is InChI=1S/C21H19N3O4S/c25-19-11-4-12-22-20(19)23-21(26)16-7-3-9-17(14-16)29(27,28)24-13-5-8-15-6-1-2-10-18(15)24/h1-4,6-7,9-12,14,25H,5,8,13H2,(H,22,23,26). The summed E-state index contributed by atoms with van der Waals surface area (Å²) >= 11 is 0. The number of carbonyl (C=O) groups excluding carboxylic acids is 1. The van der Waals surface area contributed by atoms with Crippen LogP contribution in [0.1, 0.15) is 22.3 Å². The molecule has 0 fully saturated rings. The molecule has 29 heavy (non-hydrogen) atoms. The fraction of sp³-hybridized carbons (Fsp3) is 0.143. The number of para-hydroxylation sites is 1. The maximum absolute atomic E-state index is 13.3. The molecule has 0 unspecified atom stereocenters. The maximum Gasteiger partial charge on any atom is 0.264 e. The summed E-state index contributed by atoms with van der Waals surface area (Å²) in [4.78, 5) is 16.5. The molecule has 1 aliphatic rings. The summed E-state index contributed by atoms with van der Waals surface area (Å²) in [5.41, 5.74) is 1.82. The van der Waals surface area contributed by atoms with Gasteiger partial charge in [-0.2, -0.15) is 0 Å². The lowest BCUT2D eigenvalue weighted by molar-refractivity contribution is 0.102. The van der Waals surface area contributed by atoms with E-state index < -0.39 is 15.9 Å². The lowest BCUT2D eigenvalue weighted by Gasteiger charge is -2.30. The van der Waals surface area contributed by atoms with Gasteiger partial charge < -0.3 is 10.4 Å². The molecule has 8 heteroatoms. The van der Waals surface area contributed by atoms with Crippen LogP contribution in [0.25, 0.3) is 0 Å². The SMILES string of the molecule is O=C(Nc1ncccc1O)c1cccc(S(=O)(=O)N2CCCc3ccccc32)c1. The Morgan fingerprint density at radius 2 is 1.90 bits per heavy atom. The van der Waals surface area contributed by atoms with Crippen LogP contribution in [0, 0.1) is 0 Å². The van der Waals surface area contributed by atoms with Crippen molar-refractivity contribution in [3.05, 3.63) is 78.0 Å². The van der Waals surface area contributed by atoms with Gasteiger partial charge in [-0.15, -0.1) is 0 Å². The number of benzene rings is 2. The summed E-state index contributed by atoms with van der Waals surface area (Å²) in [6.07, 6.45) is 3.00. The number of hydrogen-bond donors (Lipinski definition) is 2. The number of pyridine rings is 1. The lowest BCUT2D eigenvalue weighted by Crippen LogP contribution is -2.35. The Morgan fingerprint density at radius 3 is 2.72 bits per heavy atom. The van der Waals surface area contributed by atoms with Crippen molar-refractivity contribution < 1.29 is 18.3 Å². The quantitative estimate of drug-likeness (QED) is 0.689. The van der Waals surface area contributed by atoms with Crippen molar-refractivity contribution in [1.29, 1.82) is 0 Å². The predicted molar refractivity (Wildman–Crippen MR) is 110 cm³/mol. The van der Waals surface area contributed by atoms with E-state index >= 15 is 0 Å². The molecule has 2 heterocycles. The van der Waals surface area contributed by atoms with Crippen LogP contribution in [-0.2, 0) is 16.4 Å². The number of aromatic hydroxyl groups is 1. The Morgan fingerprint density at radius 1 is 1.07 bits per heavy atom. The van der Waals surface area contributed by atoms with E-state index in [1.165, 1.54) is 46.9 Å². The van der Waals surface area contributed by atoms with Crippen molar-refractivity contribution in [1.82, 2.24) is 4.98 Å². The molecular formula is C21H19N3O4S. The number of sulfonamides is 1. The molecule has 2 aromatic carbocycles. The van der Waals surface area contributed by atoms with Gasteiger partial charge in [0.05, 0.1) is 10.6 Å². The molecule has 2 N–H and O–H groups in total. The Balaban J connectivity index is 1.65. The Kier molecular flexibility index (Phi) is 4.94. The fourth-order valence-corrected chi connectivity index (χ4v) is 4.93. The number of anilines is 2. The molecule has 3 aromatic rings. The summed E-state index contributed by atoms with van der Waals surface area (Å²) in [7, 11) is -3.82. The summed E-state index contributed by atoms with van der Waals surface area (Å²) in [5.74, 6) is -0.722. The third-order valence-electron chi connectivity index (χ3n) is 4.77. The van der Waals surface area contributed by atoms with E-state index in [0.29, 0.717) is 12.2 Å². The summed E-state index contributed by atoms with van der Waals surface area (Å²) in [6, 6.07) is 16.2. The Hall–Kier alpha value is -3.39. The summed E-state index contributed by atoms with van der Waals surface area (Å²) < 4.78 is 28.0.